The standard InChI is InChI=1S/C14H22N2O2S/c15-13(12-7-4-10-19-12)14(17)16-8-9-18-11-5-2-1-3-6-11/h4,7,10-11,13H,1-3,5-6,8-9,15H2,(H,16,17). The van der Waals surface area contributed by atoms with Gasteiger partial charge in [0.1, 0.15) is 6.04 Å². The van der Waals surface area contributed by atoms with E-state index in [2.05, 4.69) is 5.32 Å². The maximum absolute atomic E-state index is 11.8. The molecule has 4 nitrogen and oxygen atoms in total. The van der Waals surface area contributed by atoms with E-state index < -0.39 is 6.04 Å². The number of hydrogen-bond donors (Lipinski definition) is 2. The fourth-order valence-corrected chi connectivity index (χ4v) is 3.06. The van der Waals surface area contributed by atoms with Crippen LogP contribution in [0.1, 0.15) is 43.0 Å². The third-order valence-corrected chi connectivity index (χ3v) is 4.39. The van der Waals surface area contributed by atoms with Crippen LogP contribution in [-0.4, -0.2) is 25.2 Å². The zero-order valence-electron chi connectivity index (χ0n) is 11.1. The third kappa shape index (κ3) is 4.60. The predicted octanol–water partition coefficient (Wildman–Crippen LogP) is 2.21. The first-order valence-corrected chi connectivity index (χ1v) is 7.83. The molecule has 3 N–H and O–H groups in total. The van der Waals surface area contributed by atoms with Crippen LogP contribution in [0.5, 0.6) is 0 Å². The van der Waals surface area contributed by atoms with Crippen molar-refractivity contribution in [3.05, 3.63) is 22.4 Å². The topological polar surface area (TPSA) is 64.4 Å². The van der Waals surface area contributed by atoms with Gasteiger partial charge in [-0.15, -0.1) is 11.3 Å². The lowest BCUT2D eigenvalue weighted by atomic mass is 9.98. The minimum Gasteiger partial charge on any atom is -0.376 e. The Morgan fingerprint density at radius 3 is 2.95 bits per heavy atom. The normalized spacial score (nSPS) is 18.2. The van der Waals surface area contributed by atoms with Gasteiger partial charge < -0.3 is 15.8 Å². The van der Waals surface area contributed by atoms with Gasteiger partial charge in [-0.3, -0.25) is 4.79 Å². The molecule has 1 aliphatic carbocycles. The van der Waals surface area contributed by atoms with Crippen molar-refractivity contribution in [2.75, 3.05) is 13.2 Å². The zero-order valence-corrected chi connectivity index (χ0v) is 12.0. The second-order valence-corrected chi connectivity index (χ2v) is 5.89. The summed E-state index contributed by atoms with van der Waals surface area (Å²) in [6.45, 7) is 1.11. The Hall–Kier alpha value is -0.910. The summed E-state index contributed by atoms with van der Waals surface area (Å²) in [6.07, 6.45) is 6.55. The monoisotopic (exact) mass is 282 g/mol. The quantitative estimate of drug-likeness (QED) is 0.786. The molecule has 0 aromatic carbocycles. The van der Waals surface area contributed by atoms with Crippen LogP contribution >= 0.6 is 11.3 Å². The molecule has 1 heterocycles. The van der Waals surface area contributed by atoms with E-state index in [-0.39, 0.29) is 5.91 Å². The lowest BCUT2D eigenvalue weighted by molar-refractivity contribution is -0.122. The van der Waals surface area contributed by atoms with Crippen molar-refractivity contribution in [2.24, 2.45) is 5.73 Å². The molecule has 1 amide bonds. The van der Waals surface area contributed by atoms with Gasteiger partial charge in [-0.05, 0) is 24.3 Å². The molecule has 19 heavy (non-hydrogen) atoms. The summed E-state index contributed by atoms with van der Waals surface area (Å²) in [6, 6.07) is 3.22. The Balaban J connectivity index is 1.61. The first-order chi connectivity index (χ1) is 9.27. The van der Waals surface area contributed by atoms with Gasteiger partial charge in [0.05, 0.1) is 12.7 Å². The van der Waals surface area contributed by atoms with E-state index in [1.165, 1.54) is 30.6 Å². The fourth-order valence-electron chi connectivity index (χ4n) is 2.34. The van der Waals surface area contributed by atoms with E-state index in [0.29, 0.717) is 19.3 Å². The average Bonchev–Trinajstić information content (AvgIpc) is 2.98. The Morgan fingerprint density at radius 1 is 1.47 bits per heavy atom. The molecule has 0 bridgehead atoms. The largest absolute Gasteiger partial charge is 0.376 e. The Bertz CT molecular complexity index is 375. The van der Waals surface area contributed by atoms with Crippen LogP contribution in [0, 0.1) is 0 Å². The molecule has 1 aliphatic rings. The summed E-state index contributed by atoms with van der Waals surface area (Å²) in [5.41, 5.74) is 5.87. The van der Waals surface area contributed by atoms with E-state index in [9.17, 15) is 4.79 Å². The highest BCUT2D eigenvalue weighted by Gasteiger charge is 2.17. The third-order valence-electron chi connectivity index (χ3n) is 3.44. The zero-order chi connectivity index (χ0) is 13.5. The SMILES string of the molecule is NC(C(=O)NCCOC1CCCCC1)c1cccs1. The van der Waals surface area contributed by atoms with E-state index in [4.69, 9.17) is 10.5 Å². The first-order valence-electron chi connectivity index (χ1n) is 6.95. The highest BCUT2D eigenvalue weighted by atomic mass is 32.1. The number of rotatable bonds is 6. The molecular weight excluding hydrogens is 260 g/mol. The van der Waals surface area contributed by atoms with Crippen LogP contribution in [0.3, 0.4) is 0 Å². The molecule has 0 radical (unpaired) electrons. The molecule has 5 heteroatoms. The lowest BCUT2D eigenvalue weighted by Gasteiger charge is -2.22. The lowest BCUT2D eigenvalue weighted by Crippen LogP contribution is -2.36. The van der Waals surface area contributed by atoms with Crippen molar-refractivity contribution in [2.45, 2.75) is 44.2 Å². The van der Waals surface area contributed by atoms with Gasteiger partial charge in [-0.2, -0.15) is 0 Å². The van der Waals surface area contributed by atoms with Crippen molar-refractivity contribution < 1.29 is 9.53 Å². The van der Waals surface area contributed by atoms with E-state index in [1.54, 1.807) is 0 Å². The molecule has 1 aromatic heterocycles. The van der Waals surface area contributed by atoms with E-state index in [0.717, 1.165) is 17.7 Å². The van der Waals surface area contributed by atoms with E-state index in [1.807, 2.05) is 17.5 Å². The summed E-state index contributed by atoms with van der Waals surface area (Å²) in [5.74, 6) is -0.130. The van der Waals surface area contributed by atoms with Crippen molar-refractivity contribution in [3.8, 4) is 0 Å². The number of nitrogens with one attached hydrogen (secondary N) is 1. The summed E-state index contributed by atoms with van der Waals surface area (Å²) in [7, 11) is 0. The van der Waals surface area contributed by atoms with Crippen LogP contribution in [0.2, 0.25) is 0 Å². The van der Waals surface area contributed by atoms with Crippen LogP contribution in [0.25, 0.3) is 0 Å². The molecule has 106 valence electrons. The maximum Gasteiger partial charge on any atom is 0.242 e. The summed E-state index contributed by atoms with van der Waals surface area (Å²) < 4.78 is 5.75. The Morgan fingerprint density at radius 2 is 2.26 bits per heavy atom. The van der Waals surface area contributed by atoms with Crippen molar-refractivity contribution in [1.82, 2.24) is 5.32 Å². The fraction of sp³-hybridized carbons (Fsp3) is 0.643. The number of hydrogen-bond acceptors (Lipinski definition) is 4. The minimum absolute atomic E-state index is 0.130. The van der Waals surface area contributed by atoms with E-state index >= 15 is 0 Å². The molecule has 1 atom stereocenters. The molecular formula is C14H22N2O2S. The van der Waals surface area contributed by atoms with Gasteiger partial charge in [-0.1, -0.05) is 25.3 Å². The molecule has 0 aliphatic heterocycles. The van der Waals surface area contributed by atoms with Gasteiger partial charge in [-0.25, -0.2) is 0 Å². The van der Waals surface area contributed by atoms with Crippen LogP contribution < -0.4 is 11.1 Å². The number of carbonyl (C=O) groups excluding carboxylic acids is 1. The smallest absolute Gasteiger partial charge is 0.242 e. The van der Waals surface area contributed by atoms with Crippen molar-refractivity contribution in [1.29, 1.82) is 0 Å². The predicted molar refractivity (Wildman–Crippen MR) is 77.1 cm³/mol. The van der Waals surface area contributed by atoms with Gasteiger partial charge >= 0.3 is 0 Å². The van der Waals surface area contributed by atoms with Crippen LogP contribution in [0.15, 0.2) is 17.5 Å². The molecule has 1 aromatic rings. The van der Waals surface area contributed by atoms with Crippen LogP contribution in [0.4, 0.5) is 0 Å². The Kier molecular flexibility index (Phi) is 5.82. The molecule has 1 unspecified atom stereocenters. The average molecular weight is 282 g/mol. The molecule has 1 saturated carbocycles. The summed E-state index contributed by atoms with van der Waals surface area (Å²) >= 11 is 1.50. The van der Waals surface area contributed by atoms with Crippen LogP contribution in [-0.2, 0) is 9.53 Å². The summed E-state index contributed by atoms with van der Waals surface area (Å²) in [4.78, 5) is 12.7. The summed E-state index contributed by atoms with van der Waals surface area (Å²) in [5, 5.41) is 4.75. The highest BCUT2D eigenvalue weighted by Crippen LogP contribution is 2.20. The number of thiophene rings is 1. The second-order valence-electron chi connectivity index (χ2n) is 4.91. The molecule has 0 spiro atoms. The first kappa shape index (κ1) is 14.5. The van der Waals surface area contributed by atoms with Gasteiger partial charge in [0.15, 0.2) is 0 Å². The number of nitrogens with two attached hydrogens (primary N) is 1. The second kappa shape index (κ2) is 7.62. The maximum atomic E-state index is 11.8. The number of ether oxygens (including phenoxy) is 1. The number of amides is 1. The van der Waals surface area contributed by atoms with Gasteiger partial charge in [0, 0.05) is 11.4 Å². The minimum atomic E-state index is -0.560. The van der Waals surface area contributed by atoms with Gasteiger partial charge in [0.2, 0.25) is 5.91 Å². The molecule has 1 fully saturated rings. The highest BCUT2D eigenvalue weighted by molar-refractivity contribution is 7.10. The Labute approximate surface area is 118 Å². The molecule has 2 rings (SSSR count). The molecule has 0 saturated heterocycles. The van der Waals surface area contributed by atoms with Gasteiger partial charge in [0.25, 0.3) is 0 Å². The van der Waals surface area contributed by atoms with Crippen molar-refractivity contribution in [3.63, 3.8) is 0 Å². The number of carbonyl (C=O) groups is 1. The van der Waals surface area contributed by atoms with Crippen molar-refractivity contribution >= 4 is 17.2 Å².